The highest BCUT2D eigenvalue weighted by Crippen LogP contribution is 2.53. The Balaban J connectivity index is 1.36. The lowest BCUT2D eigenvalue weighted by molar-refractivity contribution is 0.0784. The second-order valence-electron chi connectivity index (χ2n) is 12.4. The van der Waals surface area contributed by atoms with Crippen LogP contribution in [-0.2, 0) is 16.6 Å². The summed E-state index contributed by atoms with van der Waals surface area (Å²) in [4.78, 5) is 15.1. The predicted octanol–water partition coefficient (Wildman–Crippen LogP) is 7.79. The third kappa shape index (κ3) is 6.26. The van der Waals surface area contributed by atoms with Crippen molar-refractivity contribution in [1.29, 1.82) is 0 Å². The molecular weight excluding hydrogens is 586 g/mol. The van der Waals surface area contributed by atoms with E-state index in [9.17, 15) is 17.6 Å². The van der Waals surface area contributed by atoms with Crippen LogP contribution in [0.15, 0.2) is 65.6 Å². The highest BCUT2D eigenvalue weighted by atomic mass is 35.5. The number of hydrogen-bond donors (Lipinski definition) is 0. The Morgan fingerprint density at radius 1 is 1.07 bits per heavy atom. The first-order valence-electron chi connectivity index (χ1n) is 13.4. The van der Waals surface area contributed by atoms with Crippen molar-refractivity contribution in [3.63, 3.8) is 0 Å². The van der Waals surface area contributed by atoms with Gasteiger partial charge >= 0.3 is 0 Å². The quantitative estimate of drug-likeness (QED) is 0.271. The van der Waals surface area contributed by atoms with Crippen molar-refractivity contribution in [2.45, 2.75) is 57.5 Å². The molecule has 1 saturated heterocycles. The lowest BCUT2D eigenvalue weighted by atomic mass is 9.65. The van der Waals surface area contributed by atoms with E-state index in [0.717, 1.165) is 19.3 Å². The van der Waals surface area contributed by atoms with Crippen molar-refractivity contribution >= 4 is 39.1 Å². The summed E-state index contributed by atoms with van der Waals surface area (Å²) < 4.78 is 48.8. The lowest BCUT2D eigenvalue weighted by Crippen LogP contribution is -2.37. The molecule has 1 heterocycles. The zero-order valence-corrected chi connectivity index (χ0v) is 25.8. The van der Waals surface area contributed by atoms with E-state index in [0.29, 0.717) is 28.6 Å². The number of rotatable bonds is 7. The first-order valence-corrected chi connectivity index (χ1v) is 15.6. The molecule has 6 nitrogen and oxygen atoms in total. The molecule has 2 aliphatic rings. The molecule has 1 saturated carbocycles. The molecule has 2 unspecified atom stereocenters. The van der Waals surface area contributed by atoms with Crippen LogP contribution in [0.4, 0.5) is 4.39 Å². The van der Waals surface area contributed by atoms with Crippen LogP contribution in [0.3, 0.4) is 0 Å². The van der Waals surface area contributed by atoms with Gasteiger partial charge in [-0.3, -0.25) is 4.79 Å². The number of carbonyl (C=O) groups excluding carboxylic acids is 1. The zero-order valence-electron chi connectivity index (χ0n) is 23.5. The Labute approximate surface area is 251 Å². The third-order valence-corrected chi connectivity index (χ3v) is 10.4. The summed E-state index contributed by atoms with van der Waals surface area (Å²) in [6.07, 6.45) is 2.65. The molecule has 0 aromatic heterocycles. The maximum Gasteiger partial charge on any atom is 0.253 e. The molecule has 0 spiro atoms. The van der Waals surface area contributed by atoms with Crippen LogP contribution in [0.2, 0.25) is 10.0 Å². The minimum Gasteiger partial charge on any atom is -0.457 e. The highest BCUT2D eigenvalue weighted by molar-refractivity contribution is 7.89. The van der Waals surface area contributed by atoms with Crippen LogP contribution >= 0.6 is 23.2 Å². The number of halogens is 3. The Morgan fingerprint density at radius 2 is 1.83 bits per heavy atom. The summed E-state index contributed by atoms with van der Waals surface area (Å²) in [5.41, 5.74) is 0.944. The van der Waals surface area contributed by atoms with Gasteiger partial charge in [0.05, 0.1) is 9.92 Å². The molecule has 1 aliphatic heterocycles. The van der Waals surface area contributed by atoms with Crippen LogP contribution in [0.5, 0.6) is 11.5 Å². The standard InChI is InChI=1S/C31H33Cl2FN2O4S/c1-30(2)15-23-16-31(3,18-30)19-36(23)41(38,39)25-7-5-6-20(12-25)29(37)35(4)17-21-8-9-22(32)13-28(21)40-24-10-11-27(34)26(33)14-24/h5-14,23H,15-19H2,1-4H3. The summed E-state index contributed by atoms with van der Waals surface area (Å²) in [6, 6.07) is 15.2. The minimum atomic E-state index is -3.78. The van der Waals surface area contributed by atoms with Crippen LogP contribution in [0.1, 0.15) is 56.0 Å². The number of carbonyl (C=O) groups is 1. The monoisotopic (exact) mass is 618 g/mol. The summed E-state index contributed by atoms with van der Waals surface area (Å²) in [6.45, 7) is 7.22. The summed E-state index contributed by atoms with van der Waals surface area (Å²) in [5.74, 6) is -0.213. The fourth-order valence-corrected chi connectivity index (χ4v) is 8.74. The second-order valence-corrected chi connectivity index (χ2v) is 15.1. The Hall–Kier alpha value is -2.65. The van der Waals surface area contributed by atoms with Gasteiger partial charge < -0.3 is 9.64 Å². The number of fused-ring (bicyclic) bond motifs is 2. The topological polar surface area (TPSA) is 66.9 Å². The van der Waals surface area contributed by atoms with Crippen LogP contribution in [-0.4, -0.2) is 43.2 Å². The molecule has 5 rings (SSSR count). The van der Waals surface area contributed by atoms with Crippen molar-refractivity contribution in [2.75, 3.05) is 13.6 Å². The number of hydrogen-bond acceptors (Lipinski definition) is 4. The van der Waals surface area contributed by atoms with Crippen molar-refractivity contribution in [2.24, 2.45) is 10.8 Å². The number of benzene rings is 3. The van der Waals surface area contributed by atoms with E-state index in [-0.39, 0.29) is 44.8 Å². The van der Waals surface area contributed by atoms with Gasteiger partial charge in [-0.05, 0) is 72.6 Å². The van der Waals surface area contributed by atoms with E-state index in [1.807, 2.05) is 0 Å². The number of nitrogens with zero attached hydrogens (tertiary/aromatic N) is 2. The van der Waals surface area contributed by atoms with Crippen molar-refractivity contribution < 1.29 is 22.3 Å². The van der Waals surface area contributed by atoms with Gasteiger partial charge in [0.2, 0.25) is 10.0 Å². The summed E-state index contributed by atoms with van der Waals surface area (Å²) in [5, 5.41) is 0.343. The van der Waals surface area contributed by atoms with Crippen LogP contribution in [0, 0.1) is 16.6 Å². The predicted molar refractivity (Wildman–Crippen MR) is 159 cm³/mol. The SMILES string of the molecule is CN(Cc1ccc(Cl)cc1Oc1ccc(F)c(Cl)c1)C(=O)c1cccc(S(=O)(=O)N2CC3(C)CC2CC(C)(C)C3)c1. The van der Waals surface area contributed by atoms with Gasteiger partial charge in [-0.1, -0.05) is 56.1 Å². The Morgan fingerprint density at radius 3 is 2.56 bits per heavy atom. The molecule has 2 bridgehead atoms. The van der Waals surface area contributed by atoms with Crippen molar-refractivity contribution in [3.05, 3.63) is 87.7 Å². The summed E-state index contributed by atoms with van der Waals surface area (Å²) in [7, 11) is -2.16. The van der Waals surface area contributed by atoms with E-state index in [2.05, 4.69) is 20.8 Å². The van der Waals surface area contributed by atoms with E-state index in [1.165, 1.54) is 29.2 Å². The number of sulfonamides is 1. The molecule has 3 aromatic rings. The first kappa shape index (κ1) is 29.8. The van der Waals surface area contributed by atoms with Crippen LogP contribution in [0.25, 0.3) is 0 Å². The maximum absolute atomic E-state index is 13.8. The van der Waals surface area contributed by atoms with Crippen LogP contribution < -0.4 is 4.74 Å². The highest BCUT2D eigenvalue weighted by Gasteiger charge is 2.53. The molecule has 0 N–H and O–H groups in total. The average Bonchev–Trinajstić information content (AvgIpc) is 3.16. The molecular formula is C31H33Cl2FN2O4S. The Bertz CT molecular complexity index is 1610. The lowest BCUT2D eigenvalue weighted by Gasteiger charge is -2.39. The molecule has 41 heavy (non-hydrogen) atoms. The van der Waals surface area contributed by atoms with Gasteiger partial charge in [-0.2, -0.15) is 4.31 Å². The van der Waals surface area contributed by atoms with Crippen molar-refractivity contribution in [3.8, 4) is 11.5 Å². The van der Waals surface area contributed by atoms with E-state index >= 15 is 0 Å². The van der Waals surface area contributed by atoms with E-state index in [1.54, 1.807) is 47.8 Å². The molecule has 1 amide bonds. The molecule has 1 aliphatic carbocycles. The fraction of sp³-hybridized carbons (Fsp3) is 0.387. The third-order valence-electron chi connectivity index (χ3n) is 7.96. The maximum atomic E-state index is 13.8. The largest absolute Gasteiger partial charge is 0.457 e. The normalized spacial score (nSPS) is 22.0. The average molecular weight is 620 g/mol. The molecule has 0 radical (unpaired) electrons. The minimum absolute atomic E-state index is 0.0462. The van der Waals surface area contributed by atoms with Gasteiger partial charge in [0.15, 0.2) is 0 Å². The molecule has 2 atom stereocenters. The zero-order chi connectivity index (χ0) is 29.7. The molecule has 10 heteroatoms. The fourth-order valence-electron chi connectivity index (χ4n) is 6.58. The van der Waals surface area contributed by atoms with Crippen molar-refractivity contribution in [1.82, 2.24) is 9.21 Å². The smallest absolute Gasteiger partial charge is 0.253 e. The second kappa shape index (κ2) is 10.9. The molecule has 3 aromatic carbocycles. The van der Waals surface area contributed by atoms with Gasteiger partial charge in [-0.15, -0.1) is 0 Å². The van der Waals surface area contributed by atoms with Gasteiger partial charge in [-0.25, -0.2) is 12.8 Å². The first-order chi connectivity index (χ1) is 19.2. The molecule has 2 fully saturated rings. The van der Waals surface area contributed by atoms with Gasteiger partial charge in [0.25, 0.3) is 5.91 Å². The van der Waals surface area contributed by atoms with Gasteiger partial charge in [0.1, 0.15) is 17.3 Å². The Kier molecular flexibility index (Phi) is 7.92. The molecule has 218 valence electrons. The number of amides is 1. The van der Waals surface area contributed by atoms with E-state index < -0.39 is 15.8 Å². The number of ether oxygens (including phenoxy) is 1. The summed E-state index contributed by atoms with van der Waals surface area (Å²) >= 11 is 12.1. The van der Waals surface area contributed by atoms with Gasteiger partial charge in [0, 0.05) is 48.4 Å². The van der Waals surface area contributed by atoms with E-state index in [4.69, 9.17) is 27.9 Å².